The molecule has 0 unspecified atom stereocenters. The van der Waals surface area contributed by atoms with E-state index in [0.717, 1.165) is 22.9 Å². The summed E-state index contributed by atoms with van der Waals surface area (Å²) in [4.78, 5) is 25.3. The van der Waals surface area contributed by atoms with E-state index in [-0.39, 0.29) is 0 Å². The van der Waals surface area contributed by atoms with Gasteiger partial charge in [0.25, 0.3) is 0 Å². The minimum atomic E-state index is -1.14. The molecule has 80 valence electrons. The number of hydrogen-bond acceptors (Lipinski definition) is 4. The highest BCUT2D eigenvalue weighted by atomic mass is 32.1. The molecule has 0 bridgehead atoms. The first-order chi connectivity index (χ1) is 7.08. The van der Waals surface area contributed by atoms with Crippen LogP contribution in [0.4, 0.5) is 0 Å². The van der Waals surface area contributed by atoms with Crippen LogP contribution in [-0.4, -0.2) is 22.0 Å². The van der Waals surface area contributed by atoms with E-state index >= 15 is 0 Å². The Morgan fingerprint density at radius 3 is 2.87 bits per heavy atom. The van der Waals surface area contributed by atoms with E-state index in [1.165, 1.54) is 11.3 Å². The monoisotopic (exact) mass is 226 g/mol. The Bertz CT molecular complexity index is 398. The van der Waals surface area contributed by atoms with Crippen molar-refractivity contribution in [2.75, 3.05) is 0 Å². The van der Waals surface area contributed by atoms with Crippen molar-refractivity contribution in [2.45, 2.75) is 13.5 Å². The lowest BCUT2D eigenvalue weighted by molar-refractivity contribution is -0.131. The van der Waals surface area contributed by atoms with Crippen LogP contribution >= 0.6 is 11.3 Å². The van der Waals surface area contributed by atoms with Crippen molar-refractivity contribution in [1.82, 2.24) is 10.3 Å². The van der Waals surface area contributed by atoms with Crippen LogP contribution in [-0.2, 0) is 16.1 Å². The van der Waals surface area contributed by atoms with Gasteiger partial charge in [-0.05, 0) is 6.92 Å². The van der Waals surface area contributed by atoms with E-state index < -0.39 is 11.9 Å². The smallest absolute Gasteiger partial charge is 0.328 e. The van der Waals surface area contributed by atoms with Gasteiger partial charge in [0.1, 0.15) is 5.01 Å². The number of aliphatic carboxylic acids is 1. The zero-order chi connectivity index (χ0) is 11.3. The molecule has 1 aromatic heterocycles. The lowest BCUT2D eigenvalue weighted by atomic mass is 10.4. The number of hydrogen-bond donors (Lipinski definition) is 2. The van der Waals surface area contributed by atoms with Crippen LogP contribution in [0, 0.1) is 6.92 Å². The Kier molecular flexibility index (Phi) is 3.99. The summed E-state index contributed by atoms with van der Waals surface area (Å²) in [5, 5.41) is 13.5. The molecule has 5 nitrogen and oxygen atoms in total. The second kappa shape index (κ2) is 5.26. The van der Waals surface area contributed by atoms with Gasteiger partial charge in [-0.1, -0.05) is 0 Å². The minimum Gasteiger partial charge on any atom is -0.478 e. The normalized spacial score (nSPS) is 10.5. The van der Waals surface area contributed by atoms with Gasteiger partial charge in [0.2, 0.25) is 5.91 Å². The second-order valence-electron chi connectivity index (χ2n) is 2.77. The van der Waals surface area contributed by atoms with Gasteiger partial charge in [0.05, 0.1) is 6.54 Å². The number of carboxylic acids is 1. The molecule has 0 aliphatic carbocycles. The zero-order valence-electron chi connectivity index (χ0n) is 8.06. The van der Waals surface area contributed by atoms with Gasteiger partial charge < -0.3 is 10.4 Å². The Morgan fingerprint density at radius 2 is 2.33 bits per heavy atom. The van der Waals surface area contributed by atoms with Crippen molar-refractivity contribution in [1.29, 1.82) is 0 Å². The molecule has 0 radical (unpaired) electrons. The number of amides is 1. The SMILES string of the molecule is Cc1csc(CNC(=O)/C=C/C(=O)O)n1. The average Bonchev–Trinajstić information content (AvgIpc) is 2.58. The lowest BCUT2D eigenvalue weighted by Crippen LogP contribution is -2.20. The van der Waals surface area contributed by atoms with Crippen molar-refractivity contribution in [2.24, 2.45) is 0 Å². The quantitative estimate of drug-likeness (QED) is 0.741. The van der Waals surface area contributed by atoms with Crippen LogP contribution in [0.2, 0.25) is 0 Å². The Hall–Kier alpha value is -1.69. The molecule has 1 rings (SSSR count). The molecule has 0 saturated carbocycles. The van der Waals surface area contributed by atoms with Crippen LogP contribution in [0.1, 0.15) is 10.7 Å². The number of thiazole rings is 1. The number of nitrogens with one attached hydrogen (secondary N) is 1. The summed E-state index contributed by atoms with van der Waals surface area (Å²) in [5.41, 5.74) is 0.908. The van der Waals surface area contributed by atoms with Crippen LogP contribution in [0.25, 0.3) is 0 Å². The molecule has 1 aromatic rings. The number of nitrogens with zero attached hydrogens (tertiary/aromatic N) is 1. The largest absolute Gasteiger partial charge is 0.478 e. The molecule has 0 saturated heterocycles. The summed E-state index contributed by atoms with van der Waals surface area (Å²) in [6.45, 7) is 2.19. The predicted molar refractivity (Wildman–Crippen MR) is 55.5 cm³/mol. The lowest BCUT2D eigenvalue weighted by Gasteiger charge is -1.96. The third kappa shape index (κ3) is 4.37. The van der Waals surface area contributed by atoms with Gasteiger partial charge in [0, 0.05) is 23.2 Å². The number of rotatable bonds is 4. The van der Waals surface area contributed by atoms with Gasteiger partial charge >= 0.3 is 5.97 Å². The second-order valence-corrected chi connectivity index (χ2v) is 3.71. The van der Waals surface area contributed by atoms with Crippen molar-refractivity contribution in [3.05, 3.63) is 28.2 Å². The molecule has 1 heterocycles. The van der Waals surface area contributed by atoms with E-state index in [1.807, 2.05) is 12.3 Å². The van der Waals surface area contributed by atoms with Crippen molar-refractivity contribution in [3.8, 4) is 0 Å². The summed E-state index contributed by atoms with van der Waals surface area (Å²) >= 11 is 1.45. The Morgan fingerprint density at radius 1 is 1.60 bits per heavy atom. The van der Waals surface area contributed by atoms with E-state index in [4.69, 9.17) is 5.11 Å². The first-order valence-corrected chi connectivity index (χ1v) is 5.06. The molecule has 0 fully saturated rings. The molecule has 0 aromatic carbocycles. The molecule has 0 atom stereocenters. The molecular formula is C9H10N2O3S. The first-order valence-electron chi connectivity index (χ1n) is 4.18. The van der Waals surface area contributed by atoms with Crippen LogP contribution in [0.3, 0.4) is 0 Å². The molecule has 2 N–H and O–H groups in total. The van der Waals surface area contributed by atoms with Gasteiger partial charge in [-0.2, -0.15) is 0 Å². The number of carbonyl (C=O) groups is 2. The maximum Gasteiger partial charge on any atom is 0.328 e. The maximum atomic E-state index is 11.0. The molecule has 6 heteroatoms. The predicted octanol–water partition coefficient (Wildman–Crippen LogP) is 0.709. The fourth-order valence-corrected chi connectivity index (χ4v) is 1.56. The number of aromatic nitrogens is 1. The van der Waals surface area contributed by atoms with Gasteiger partial charge in [-0.15, -0.1) is 11.3 Å². The third-order valence-electron chi connectivity index (χ3n) is 1.46. The maximum absolute atomic E-state index is 11.0. The zero-order valence-corrected chi connectivity index (χ0v) is 8.87. The Balaban J connectivity index is 2.37. The highest BCUT2D eigenvalue weighted by molar-refractivity contribution is 7.09. The van der Waals surface area contributed by atoms with E-state index in [1.54, 1.807) is 0 Å². The number of carboxylic acid groups (broad SMARTS) is 1. The van der Waals surface area contributed by atoms with E-state index in [9.17, 15) is 9.59 Å². The highest BCUT2D eigenvalue weighted by Crippen LogP contribution is 2.07. The summed E-state index contributed by atoms with van der Waals surface area (Å²) in [6, 6.07) is 0. The average molecular weight is 226 g/mol. The summed E-state index contributed by atoms with van der Waals surface area (Å²) in [6.07, 6.45) is 1.77. The standard InChI is InChI=1S/C9H10N2O3S/c1-6-5-15-8(11-6)4-10-7(12)2-3-9(13)14/h2-3,5H,4H2,1H3,(H,10,12)(H,13,14)/b3-2+. The first kappa shape index (κ1) is 11.4. The highest BCUT2D eigenvalue weighted by Gasteiger charge is 2.00. The topological polar surface area (TPSA) is 79.3 Å². The number of carbonyl (C=O) groups excluding carboxylic acids is 1. The Labute approximate surface area is 90.5 Å². The summed E-state index contributed by atoms with van der Waals surface area (Å²) < 4.78 is 0. The fourth-order valence-electron chi connectivity index (χ4n) is 0.853. The summed E-state index contributed by atoms with van der Waals surface area (Å²) in [5.74, 6) is -1.58. The van der Waals surface area contributed by atoms with Crippen LogP contribution in [0.5, 0.6) is 0 Å². The number of aryl methyl sites for hydroxylation is 1. The molecule has 15 heavy (non-hydrogen) atoms. The van der Waals surface area contributed by atoms with Crippen molar-refractivity contribution >= 4 is 23.2 Å². The minimum absolute atomic E-state index is 0.321. The van der Waals surface area contributed by atoms with Gasteiger partial charge in [-0.25, -0.2) is 9.78 Å². The third-order valence-corrected chi connectivity index (χ3v) is 2.42. The van der Waals surface area contributed by atoms with Crippen molar-refractivity contribution in [3.63, 3.8) is 0 Å². The van der Waals surface area contributed by atoms with Crippen molar-refractivity contribution < 1.29 is 14.7 Å². The fraction of sp³-hybridized carbons (Fsp3) is 0.222. The molecular weight excluding hydrogens is 216 g/mol. The van der Waals surface area contributed by atoms with Gasteiger partial charge in [0.15, 0.2) is 0 Å². The van der Waals surface area contributed by atoms with Crippen LogP contribution < -0.4 is 5.32 Å². The van der Waals surface area contributed by atoms with E-state index in [0.29, 0.717) is 6.54 Å². The molecule has 1 amide bonds. The molecule has 0 aliphatic rings. The molecule has 0 aliphatic heterocycles. The van der Waals surface area contributed by atoms with Crippen LogP contribution in [0.15, 0.2) is 17.5 Å². The van der Waals surface area contributed by atoms with Gasteiger partial charge in [-0.3, -0.25) is 4.79 Å². The summed E-state index contributed by atoms with van der Waals surface area (Å²) in [7, 11) is 0. The molecule has 0 spiro atoms. The van der Waals surface area contributed by atoms with E-state index in [2.05, 4.69) is 10.3 Å².